The Kier molecular flexibility index (Phi) is 6.71. The number of carbonyl (C=O) groups is 1. The number of benzene rings is 1. The van der Waals surface area contributed by atoms with Crippen molar-refractivity contribution in [3.8, 4) is 5.75 Å². The van der Waals surface area contributed by atoms with Gasteiger partial charge in [-0.25, -0.2) is 8.42 Å². The minimum atomic E-state index is -3.43. The van der Waals surface area contributed by atoms with Gasteiger partial charge in [0.05, 0.1) is 38.5 Å². The predicted molar refractivity (Wildman–Crippen MR) is 109 cm³/mol. The first kappa shape index (κ1) is 20.8. The Bertz CT molecular complexity index is 892. The largest absolute Gasteiger partial charge is 0.492 e. The lowest BCUT2D eigenvalue weighted by molar-refractivity contribution is -0.917. The van der Waals surface area contributed by atoms with Crippen molar-refractivity contribution in [2.24, 2.45) is 0 Å². The van der Waals surface area contributed by atoms with E-state index in [1.807, 2.05) is 38.1 Å². The normalized spacial score (nSPS) is 17.2. The molecular weight excluding hydrogens is 398 g/mol. The van der Waals surface area contributed by atoms with Crippen LogP contribution in [0.1, 0.15) is 13.8 Å². The summed E-state index contributed by atoms with van der Waals surface area (Å²) in [5.74, 6) is 0.545. The molecule has 2 N–H and O–H groups in total. The third kappa shape index (κ3) is 4.54. The number of ether oxygens (including phenoxy) is 1. The number of piperazine rings is 1. The SMILES string of the molecule is CCOc1ccccc1NC(=O)[C@@H](C)[NH+]1CCN(S(=O)(=O)c2cccs2)CC1. The molecule has 1 aromatic carbocycles. The van der Waals surface area contributed by atoms with Crippen LogP contribution in [0.5, 0.6) is 5.75 Å². The van der Waals surface area contributed by atoms with Crippen molar-refractivity contribution in [3.05, 3.63) is 41.8 Å². The molecule has 1 amide bonds. The van der Waals surface area contributed by atoms with E-state index in [-0.39, 0.29) is 11.9 Å². The van der Waals surface area contributed by atoms with Crippen molar-refractivity contribution in [1.29, 1.82) is 0 Å². The van der Waals surface area contributed by atoms with Crippen LogP contribution < -0.4 is 15.0 Å². The molecule has 1 aromatic heterocycles. The Balaban J connectivity index is 1.59. The molecule has 0 radical (unpaired) electrons. The summed E-state index contributed by atoms with van der Waals surface area (Å²) in [5.41, 5.74) is 0.652. The van der Waals surface area contributed by atoms with Gasteiger partial charge in [0, 0.05) is 0 Å². The number of sulfonamides is 1. The van der Waals surface area contributed by atoms with Crippen LogP contribution in [0, 0.1) is 0 Å². The number of anilines is 1. The Morgan fingerprint density at radius 2 is 1.96 bits per heavy atom. The molecule has 1 aliphatic rings. The van der Waals surface area contributed by atoms with Gasteiger partial charge in [0.1, 0.15) is 9.96 Å². The van der Waals surface area contributed by atoms with Crippen molar-refractivity contribution >= 4 is 33.0 Å². The first-order chi connectivity index (χ1) is 13.4. The fourth-order valence-corrected chi connectivity index (χ4v) is 5.85. The van der Waals surface area contributed by atoms with Crippen LogP contribution in [0.2, 0.25) is 0 Å². The van der Waals surface area contributed by atoms with Gasteiger partial charge in [-0.1, -0.05) is 18.2 Å². The maximum Gasteiger partial charge on any atom is 0.282 e. The first-order valence-electron chi connectivity index (χ1n) is 9.34. The number of nitrogens with zero attached hydrogens (tertiary/aromatic N) is 1. The summed E-state index contributed by atoms with van der Waals surface area (Å²) in [6, 6.07) is 10.4. The van der Waals surface area contributed by atoms with E-state index in [1.54, 1.807) is 17.5 Å². The number of thiophene rings is 1. The lowest BCUT2D eigenvalue weighted by Gasteiger charge is -2.34. The summed E-state index contributed by atoms with van der Waals surface area (Å²) >= 11 is 1.23. The Morgan fingerprint density at radius 1 is 1.25 bits per heavy atom. The Morgan fingerprint density at radius 3 is 2.61 bits per heavy atom. The maximum absolute atomic E-state index is 12.7. The summed E-state index contributed by atoms with van der Waals surface area (Å²) in [4.78, 5) is 13.8. The molecule has 0 saturated carbocycles. The van der Waals surface area contributed by atoms with Gasteiger partial charge in [-0.2, -0.15) is 4.31 Å². The van der Waals surface area contributed by atoms with E-state index in [0.29, 0.717) is 48.4 Å². The van der Waals surface area contributed by atoms with E-state index in [2.05, 4.69) is 5.32 Å². The fraction of sp³-hybridized carbons (Fsp3) is 0.421. The molecule has 1 atom stereocenters. The summed E-state index contributed by atoms with van der Waals surface area (Å²) in [6.07, 6.45) is 0. The molecule has 7 nitrogen and oxygen atoms in total. The second-order valence-corrected chi connectivity index (χ2v) is 9.75. The van der Waals surface area contributed by atoms with Crippen LogP contribution in [0.3, 0.4) is 0 Å². The van der Waals surface area contributed by atoms with Gasteiger partial charge in [-0.05, 0) is 37.4 Å². The summed E-state index contributed by atoms with van der Waals surface area (Å²) in [5, 5.41) is 4.71. The molecule has 1 saturated heterocycles. The monoisotopic (exact) mass is 424 g/mol. The van der Waals surface area contributed by atoms with Crippen molar-refractivity contribution in [2.45, 2.75) is 24.1 Å². The first-order valence-corrected chi connectivity index (χ1v) is 11.7. The van der Waals surface area contributed by atoms with E-state index in [1.165, 1.54) is 15.6 Å². The van der Waals surface area contributed by atoms with Crippen LogP contribution in [-0.4, -0.2) is 57.5 Å². The molecule has 0 unspecified atom stereocenters. The number of nitrogens with one attached hydrogen (secondary N) is 2. The van der Waals surface area contributed by atoms with E-state index >= 15 is 0 Å². The van der Waals surface area contributed by atoms with E-state index < -0.39 is 10.0 Å². The van der Waals surface area contributed by atoms with E-state index in [0.717, 1.165) is 4.90 Å². The highest BCUT2D eigenvalue weighted by Crippen LogP contribution is 2.24. The molecular formula is C19H26N3O4S2+. The summed E-state index contributed by atoms with van der Waals surface area (Å²) in [7, 11) is -3.43. The van der Waals surface area contributed by atoms with Gasteiger partial charge in [-0.15, -0.1) is 11.3 Å². The third-order valence-corrected chi connectivity index (χ3v) is 8.18. The van der Waals surface area contributed by atoms with Gasteiger partial charge in [-0.3, -0.25) is 4.79 Å². The van der Waals surface area contributed by atoms with Gasteiger partial charge in [0.15, 0.2) is 6.04 Å². The minimum Gasteiger partial charge on any atom is -0.492 e. The lowest BCUT2D eigenvalue weighted by atomic mass is 10.2. The molecule has 2 aromatic rings. The number of carbonyl (C=O) groups excluding carboxylic acids is 1. The molecule has 0 spiro atoms. The zero-order valence-electron chi connectivity index (χ0n) is 16.1. The number of hydrogen-bond acceptors (Lipinski definition) is 5. The Labute approximate surface area is 170 Å². The molecule has 1 aliphatic heterocycles. The predicted octanol–water partition coefficient (Wildman–Crippen LogP) is 1.06. The number of hydrogen-bond donors (Lipinski definition) is 2. The van der Waals surface area contributed by atoms with E-state index in [9.17, 15) is 13.2 Å². The smallest absolute Gasteiger partial charge is 0.282 e. The maximum atomic E-state index is 12.7. The second kappa shape index (κ2) is 9.04. The molecule has 0 bridgehead atoms. The minimum absolute atomic E-state index is 0.100. The summed E-state index contributed by atoms with van der Waals surface area (Å²) < 4.78 is 32.7. The highest BCUT2D eigenvalue weighted by molar-refractivity contribution is 7.91. The van der Waals surface area contributed by atoms with Gasteiger partial charge < -0.3 is 15.0 Å². The zero-order chi connectivity index (χ0) is 20.1. The van der Waals surface area contributed by atoms with E-state index in [4.69, 9.17) is 4.74 Å². The summed E-state index contributed by atoms with van der Waals surface area (Å²) in [6.45, 7) is 6.28. The highest BCUT2D eigenvalue weighted by atomic mass is 32.2. The van der Waals surface area contributed by atoms with Crippen molar-refractivity contribution in [3.63, 3.8) is 0 Å². The lowest BCUT2D eigenvalue weighted by Crippen LogP contribution is -3.19. The van der Waals surface area contributed by atoms with Gasteiger partial charge >= 0.3 is 0 Å². The second-order valence-electron chi connectivity index (χ2n) is 6.63. The highest BCUT2D eigenvalue weighted by Gasteiger charge is 2.35. The van der Waals surface area contributed by atoms with Crippen LogP contribution in [-0.2, 0) is 14.8 Å². The zero-order valence-corrected chi connectivity index (χ0v) is 17.7. The molecule has 2 heterocycles. The quantitative estimate of drug-likeness (QED) is 0.697. The number of rotatable bonds is 7. The standard InChI is InChI=1S/C19H25N3O4S2/c1-3-26-17-8-5-4-7-16(17)20-19(23)15(2)21-10-12-22(13-11-21)28(24,25)18-9-6-14-27-18/h4-9,14-15H,3,10-13H2,1-2H3,(H,20,23)/p+1/t15-/m1/s1. The topological polar surface area (TPSA) is 80.2 Å². The van der Waals surface area contributed by atoms with Crippen molar-refractivity contribution in [2.75, 3.05) is 38.1 Å². The molecule has 0 aliphatic carbocycles. The van der Waals surface area contributed by atoms with Gasteiger partial charge in [0.25, 0.3) is 15.9 Å². The van der Waals surface area contributed by atoms with Crippen molar-refractivity contribution < 1.29 is 22.8 Å². The number of amides is 1. The van der Waals surface area contributed by atoms with Crippen LogP contribution in [0.15, 0.2) is 46.0 Å². The molecule has 9 heteroatoms. The van der Waals surface area contributed by atoms with Crippen LogP contribution in [0.25, 0.3) is 0 Å². The average Bonchev–Trinajstić information content (AvgIpc) is 3.25. The average molecular weight is 425 g/mol. The molecule has 28 heavy (non-hydrogen) atoms. The molecule has 3 rings (SSSR count). The van der Waals surface area contributed by atoms with Crippen LogP contribution >= 0.6 is 11.3 Å². The van der Waals surface area contributed by atoms with Crippen molar-refractivity contribution in [1.82, 2.24) is 4.31 Å². The fourth-order valence-electron chi connectivity index (χ4n) is 3.26. The molecule has 1 fully saturated rings. The number of quaternary nitrogens is 1. The van der Waals surface area contributed by atoms with Gasteiger partial charge in [0.2, 0.25) is 0 Å². The Hall–Kier alpha value is -1.94. The third-order valence-electron chi connectivity index (χ3n) is 4.90. The molecule has 152 valence electrons. The van der Waals surface area contributed by atoms with Crippen LogP contribution in [0.4, 0.5) is 5.69 Å². The number of para-hydroxylation sites is 2.